The van der Waals surface area contributed by atoms with Crippen molar-refractivity contribution in [1.82, 2.24) is 0 Å². The molecule has 684 valence electrons. The highest BCUT2D eigenvalue weighted by molar-refractivity contribution is 6.03. The van der Waals surface area contributed by atoms with Gasteiger partial charge in [0.05, 0.1) is 36.3 Å². The second-order valence-electron chi connectivity index (χ2n) is 41.3. The Bertz CT molecular complexity index is 8350. The van der Waals surface area contributed by atoms with E-state index in [4.69, 9.17) is 0 Å². The minimum atomic E-state index is 0.311. The molecule has 12 aliphatic carbocycles. The lowest BCUT2D eigenvalue weighted by Crippen LogP contribution is -2.36. The highest BCUT2D eigenvalue weighted by Gasteiger charge is 2.50. The summed E-state index contributed by atoms with van der Waals surface area (Å²) in [4.78, 5) is 15.5. The van der Waals surface area contributed by atoms with Gasteiger partial charge >= 0.3 is 0 Å². The Hall–Kier alpha value is -16.8. The molecule has 12 heterocycles. The van der Waals surface area contributed by atoms with E-state index in [-0.39, 0.29) is 0 Å². The van der Waals surface area contributed by atoms with Gasteiger partial charge in [0.2, 0.25) is 0 Å². The van der Waals surface area contributed by atoms with E-state index in [2.05, 4.69) is 466 Å². The molecule has 0 amide bonds. The van der Waals surface area contributed by atoms with Crippen molar-refractivity contribution in [3.8, 4) is 33.4 Å². The zero-order chi connectivity index (χ0) is 94.0. The van der Waals surface area contributed by atoms with Gasteiger partial charge in [0.1, 0.15) is 0 Å². The number of hydrogen-bond acceptors (Lipinski definition) is 6. The number of allylic oxidation sites excluding steroid dienone is 32. The van der Waals surface area contributed by atoms with Gasteiger partial charge in [-0.1, -0.05) is 376 Å². The van der Waals surface area contributed by atoms with Crippen LogP contribution in [0.5, 0.6) is 0 Å². The molecule has 144 heavy (non-hydrogen) atoms. The average molecular weight is 1840 g/mol. The first-order chi connectivity index (χ1) is 71.6. The Morgan fingerprint density at radius 1 is 0.174 bits per heavy atom. The summed E-state index contributed by atoms with van der Waals surface area (Å²) in [5.41, 5.74) is 68.8. The van der Waals surface area contributed by atoms with E-state index in [1.807, 2.05) is 0 Å². The van der Waals surface area contributed by atoms with Crippen LogP contribution in [-0.2, 0) is 0 Å². The zero-order valence-electron chi connectivity index (χ0n) is 80.2. The molecule has 24 aliphatic rings. The van der Waals surface area contributed by atoms with Gasteiger partial charge in [-0.2, -0.15) is 0 Å². The lowest BCUT2D eigenvalue weighted by atomic mass is 9.78. The maximum absolute atomic E-state index is 2.60. The fraction of sp³-hybridized carbons (Fsp3) is 0.130. The van der Waals surface area contributed by atoms with Crippen LogP contribution in [0.4, 0.5) is 34.1 Å². The molecule has 36 rings (SSSR count). The Balaban J connectivity index is 0.0000000788. The topological polar surface area (TPSA) is 19.4 Å². The molecule has 0 bridgehead atoms. The van der Waals surface area contributed by atoms with Crippen molar-refractivity contribution in [2.24, 2.45) is 0 Å². The van der Waals surface area contributed by atoms with Crippen LogP contribution >= 0.6 is 0 Å². The summed E-state index contributed by atoms with van der Waals surface area (Å²) >= 11 is 0. The van der Waals surface area contributed by atoms with Crippen LogP contribution in [0.25, 0.3) is 66.8 Å². The van der Waals surface area contributed by atoms with Crippen LogP contribution in [0.2, 0.25) is 0 Å². The lowest BCUT2D eigenvalue weighted by Gasteiger charge is -2.45. The molecule has 6 atom stereocenters. The predicted octanol–water partition coefficient (Wildman–Crippen LogP) is 34.0. The molecule has 12 aromatic rings. The molecule has 6 heteroatoms. The zero-order valence-corrected chi connectivity index (χ0v) is 80.2. The first-order valence-corrected chi connectivity index (χ1v) is 52.3. The summed E-state index contributed by atoms with van der Waals surface area (Å²) in [6.45, 7) is 0. The minimum Gasteiger partial charge on any atom is -0.332 e. The normalized spacial score (nSPS) is 22.3. The molecule has 0 radical (unpaired) electrons. The van der Waals surface area contributed by atoms with Crippen molar-refractivity contribution >= 4 is 67.6 Å². The summed E-state index contributed by atoms with van der Waals surface area (Å²) in [6, 6.07) is 109. The quantitative estimate of drug-likeness (QED) is 0.150. The van der Waals surface area contributed by atoms with Crippen LogP contribution in [0.15, 0.2) is 538 Å². The van der Waals surface area contributed by atoms with Crippen LogP contribution in [0.3, 0.4) is 0 Å². The third-order valence-electron chi connectivity index (χ3n) is 34.5. The summed E-state index contributed by atoms with van der Waals surface area (Å²) in [5, 5.41) is 0. The molecule has 0 saturated carbocycles. The second kappa shape index (κ2) is 32.4. The van der Waals surface area contributed by atoms with E-state index in [0.717, 1.165) is 77.0 Å². The van der Waals surface area contributed by atoms with Crippen molar-refractivity contribution in [1.29, 1.82) is 0 Å². The molecule has 0 aromatic heterocycles. The molecular formula is C138H102N6. The van der Waals surface area contributed by atoms with Crippen molar-refractivity contribution in [2.75, 3.05) is 29.4 Å². The second-order valence-corrected chi connectivity index (χ2v) is 41.3. The molecule has 0 spiro atoms. The third-order valence-corrected chi connectivity index (χ3v) is 34.5. The van der Waals surface area contributed by atoms with Gasteiger partial charge in [0.25, 0.3) is 0 Å². The molecule has 0 N–H and O–H groups in total. The molecule has 6 unspecified atom stereocenters. The summed E-state index contributed by atoms with van der Waals surface area (Å²) in [6.07, 6.45) is 68.8. The summed E-state index contributed by atoms with van der Waals surface area (Å²) < 4.78 is 0. The number of para-hydroxylation sites is 6. The Labute approximate surface area is 842 Å². The van der Waals surface area contributed by atoms with Gasteiger partial charge in [-0.05, 0) is 281 Å². The van der Waals surface area contributed by atoms with Crippen molar-refractivity contribution in [3.63, 3.8) is 0 Å². The summed E-state index contributed by atoms with van der Waals surface area (Å²) in [5.74, 6) is 0. The van der Waals surface area contributed by atoms with Crippen LogP contribution in [0, 0.1) is 0 Å². The maximum atomic E-state index is 2.60. The first-order valence-electron chi connectivity index (χ1n) is 52.3. The molecule has 12 aromatic carbocycles. The SMILES string of the molecule is C1=CC2=C(C1)C1=C(C=CC1)N1c3ccccc3-c3ccccc3C21.C1=CC2=C(C1)C1=C(CC=C1)C1c3ccccc3-c3ccccc3N21.C1=CC2=C(C1)C1=CCC=C1C1c3ccccc3-c3ccccc3N21.C1=CC2=C(C1)N1c3ccccc3C3=CCC=C3C1c1ccccc12.C1=CC2=C(C1)c1ccccc1C1C3=C(C=CC3)c3ccccc3N21.C1=CC2=C(C1)c1ccccc1N1C3=C(C=CC3)c3ccccc3C21. The Kier molecular flexibility index (Phi) is 18.4. The van der Waals surface area contributed by atoms with E-state index < -0.39 is 0 Å². The highest BCUT2D eigenvalue weighted by atomic mass is 15.2. The largest absolute Gasteiger partial charge is 0.332 e. The minimum absolute atomic E-state index is 0.311. The standard InChI is InChI=1S/6C23H17N/c3*1-2-9-19-15(7-1)18-11-6-14-22(18)24-21-13-4-3-8-17(21)16-10-5-12-20(16)23(19)24;3*1-2-9-19-15(7-1)17-8-3-4-13-21(17)24-22-14-6-11-18(22)16-10-5-12-20(16)23(19)24/h1-4,6-13,23H,5,14H2;1-9,11-13,23H,10,14H2;1-10,13-14,23H,11-12H2;1-4,6-10,12-14,23H,5,11H2;1-9,12-14,23H,10-11H2;1-10,13-14,23H,11-12H2. The molecule has 0 fully saturated rings. The van der Waals surface area contributed by atoms with Crippen LogP contribution in [0.1, 0.15) is 180 Å². The maximum Gasteiger partial charge on any atom is 0.0854 e. The van der Waals surface area contributed by atoms with Crippen molar-refractivity contribution < 1.29 is 0 Å². The number of benzene rings is 12. The Morgan fingerprint density at radius 2 is 0.479 bits per heavy atom. The Morgan fingerprint density at radius 3 is 1.05 bits per heavy atom. The van der Waals surface area contributed by atoms with Gasteiger partial charge in [0, 0.05) is 126 Å². The number of fused-ring (bicyclic) bond motifs is 56. The van der Waals surface area contributed by atoms with E-state index in [1.165, 1.54) is 252 Å². The molecular weight excluding hydrogens is 1740 g/mol. The predicted molar refractivity (Wildman–Crippen MR) is 594 cm³/mol. The van der Waals surface area contributed by atoms with E-state index in [0.29, 0.717) is 36.3 Å². The smallest absolute Gasteiger partial charge is 0.0854 e. The number of rotatable bonds is 0. The number of nitrogens with zero attached hydrogens (tertiary/aromatic N) is 6. The summed E-state index contributed by atoms with van der Waals surface area (Å²) in [7, 11) is 0. The van der Waals surface area contributed by atoms with Gasteiger partial charge in [-0.3, -0.25) is 0 Å². The fourth-order valence-electron chi connectivity index (χ4n) is 28.9. The van der Waals surface area contributed by atoms with Gasteiger partial charge < -0.3 is 29.4 Å². The van der Waals surface area contributed by atoms with E-state index >= 15 is 0 Å². The monoisotopic (exact) mass is 1840 g/mol. The highest BCUT2D eigenvalue weighted by Crippen LogP contribution is 2.65. The van der Waals surface area contributed by atoms with Gasteiger partial charge in [-0.15, -0.1) is 0 Å². The first kappa shape index (κ1) is 82.0. The van der Waals surface area contributed by atoms with Gasteiger partial charge in [0.15, 0.2) is 0 Å². The number of anilines is 6. The third kappa shape index (κ3) is 11.9. The van der Waals surface area contributed by atoms with Crippen molar-refractivity contribution in [3.05, 3.63) is 605 Å². The number of hydrogen-bond donors (Lipinski definition) is 0. The molecule has 6 nitrogen and oxygen atoms in total. The van der Waals surface area contributed by atoms with Gasteiger partial charge in [-0.25, -0.2) is 0 Å². The molecule has 0 saturated heterocycles. The fourth-order valence-corrected chi connectivity index (χ4v) is 28.9. The van der Waals surface area contributed by atoms with E-state index in [9.17, 15) is 0 Å². The van der Waals surface area contributed by atoms with Crippen molar-refractivity contribution in [2.45, 2.75) is 113 Å². The van der Waals surface area contributed by atoms with Crippen LogP contribution < -0.4 is 29.4 Å². The average Bonchev–Trinajstić information content (AvgIpc) is 1.67. The molecule has 12 aliphatic heterocycles. The lowest BCUT2D eigenvalue weighted by molar-refractivity contribution is 0.732. The van der Waals surface area contributed by atoms with Crippen LogP contribution in [-0.4, -0.2) is 0 Å². The van der Waals surface area contributed by atoms with E-state index in [1.54, 1.807) is 16.7 Å².